The minimum atomic E-state index is -1.12. The van der Waals surface area contributed by atoms with Crippen LogP contribution in [0.15, 0.2) is 72.1 Å². The molecular weight excluding hydrogens is 501 g/mol. The zero-order valence-electron chi connectivity index (χ0n) is 18.9. The second-order valence-electron chi connectivity index (χ2n) is 7.81. The molecule has 5 N–H and O–H groups in total. The zero-order chi connectivity index (χ0) is 25.7. The Kier molecular flexibility index (Phi) is 7.71. The number of nitrogens with zero attached hydrogens (tertiary/aromatic N) is 2. The zero-order valence-corrected chi connectivity index (χ0v) is 20.5. The topological polar surface area (TPSA) is 131 Å². The standard InChI is InChI=1S/C25H22FN5O3S2/c26-17-10-8-16(9-11-17)21(24(33)29-13-15-5-2-1-3-6-15)31(14-18-7-4-12-35-18)25(34)22-19(27)20(23(28)32)30-36-22/h1-12,21H,13-14,27H2,(H2,28,32)(H,29,33). The van der Waals surface area contributed by atoms with Crippen molar-refractivity contribution in [2.24, 2.45) is 5.73 Å². The molecule has 0 aliphatic heterocycles. The number of rotatable bonds is 9. The van der Waals surface area contributed by atoms with Gasteiger partial charge in [0.25, 0.3) is 11.8 Å². The van der Waals surface area contributed by atoms with E-state index in [9.17, 15) is 18.8 Å². The minimum Gasteiger partial charge on any atom is -0.395 e. The smallest absolute Gasteiger partial charge is 0.270 e. The molecule has 11 heteroatoms. The van der Waals surface area contributed by atoms with E-state index in [1.165, 1.54) is 40.5 Å². The van der Waals surface area contributed by atoms with Gasteiger partial charge in [-0.2, -0.15) is 4.37 Å². The number of carbonyl (C=O) groups excluding carboxylic acids is 3. The lowest BCUT2D eigenvalue weighted by Crippen LogP contribution is -2.43. The number of anilines is 1. The molecule has 1 atom stereocenters. The van der Waals surface area contributed by atoms with E-state index in [0.29, 0.717) is 5.56 Å². The van der Waals surface area contributed by atoms with Crippen LogP contribution in [-0.4, -0.2) is 27.0 Å². The van der Waals surface area contributed by atoms with Crippen molar-refractivity contribution < 1.29 is 18.8 Å². The molecule has 0 aliphatic rings. The molecule has 4 aromatic rings. The van der Waals surface area contributed by atoms with E-state index in [4.69, 9.17) is 11.5 Å². The van der Waals surface area contributed by atoms with E-state index in [0.717, 1.165) is 22.0 Å². The molecule has 1 unspecified atom stereocenters. The van der Waals surface area contributed by atoms with Crippen LogP contribution < -0.4 is 16.8 Å². The van der Waals surface area contributed by atoms with Crippen molar-refractivity contribution in [3.05, 3.63) is 105 Å². The summed E-state index contributed by atoms with van der Waals surface area (Å²) in [5.41, 5.74) is 12.3. The summed E-state index contributed by atoms with van der Waals surface area (Å²) in [6.07, 6.45) is 0. The first kappa shape index (κ1) is 25.0. The maximum atomic E-state index is 13.8. The SMILES string of the molecule is NC(=O)c1nsc(C(=O)N(Cc2cccs2)C(C(=O)NCc2ccccc2)c2ccc(F)cc2)c1N. The van der Waals surface area contributed by atoms with Gasteiger partial charge in [0.15, 0.2) is 5.69 Å². The molecular formula is C25H22FN5O3S2. The Morgan fingerprint density at radius 1 is 1.03 bits per heavy atom. The number of hydrogen-bond acceptors (Lipinski definition) is 7. The van der Waals surface area contributed by atoms with Gasteiger partial charge >= 0.3 is 0 Å². The van der Waals surface area contributed by atoms with E-state index in [2.05, 4.69) is 9.69 Å². The predicted molar refractivity (Wildman–Crippen MR) is 137 cm³/mol. The van der Waals surface area contributed by atoms with E-state index in [-0.39, 0.29) is 29.3 Å². The first-order chi connectivity index (χ1) is 17.3. The summed E-state index contributed by atoms with van der Waals surface area (Å²) < 4.78 is 17.7. The molecule has 0 saturated carbocycles. The molecule has 4 rings (SSSR count). The fourth-order valence-corrected chi connectivity index (χ4v) is 5.07. The lowest BCUT2D eigenvalue weighted by atomic mass is 10.0. The fourth-order valence-electron chi connectivity index (χ4n) is 3.61. The maximum Gasteiger partial charge on any atom is 0.270 e. The lowest BCUT2D eigenvalue weighted by molar-refractivity contribution is -0.126. The number of hydrogen-bond donors (Lipinski definition) is 3. The van der Waals surface area contributed by atoms with Gasteiger partial charge in [-0.3, -0.25) is 14.4 Å². The minimum absolute atomic E-state index is 0.0108. The highest BCUT2D eigenvalue weighted by Gasteiger charge is 2.35. The highest BCUT2D eigenvalue weighted by molar-refractivity contribution is 7.10. The second-order valence-corrected chi connectivity index (χ2v) is 9.61. The summed E-state index contributed by atoms with van der Waals surface area (Å²) >= 11 is 2.15. The molecule has 8 nitrogen and oxygen atoms in total. The molecule has 36 heavy (non-hydrogen) atoms. The Labute approximate surface area is 214 Å². The molecule has 2 heterocycles. The van der Waals surface area contributed by atoms with Crippen LogP contribution in [-0.2, 0) is 17.9 Å². The summed E-state index contributed by atoms with van der Waals surface area (Å²) in [6.45, 7) is 0.299. The Morgan fingerprint density at radius 3 is 2.36 bits per heavy atom. The lowest BCUT2D eigenvalue weighted by Gasteiger charge is -2.31. The van der Waals surface area contributed by atoms with Gasteiger partial charge in [-0.15, -0.1) is 11.3 Å². The highest BCUT2D eigenvalue weighted by Crippen LogP contribution is 2.31. The van der Waals surface area contributed by atoms with Crippen molar-refractivity contribution in [3.63, 3.8) is 0 Å². The summed E-state index contributed by atoms with van der Waals surface area (Å²) in [4.78, 5) is 41.2. The summed E-state index contributed by atoms with van der Waals surface area (Å²) in [7, 11) is 0. The van der Waals surface area contributed by atoms with Crippen molar-refractivity contribution in [2.75, 3.05) is 5.73 Å². The Morgan fingerprint density at radius 2 is 1.75 bits per heavy atom. The normalized spacial score (nSPS) is 11.6. The van der Waals surface area contributed by atoms with Crippen molar-refractivity contribution in [3.8, 4) is 0 Å². The molecule has 2 aromatic heterocycles. The van der Waals surface area contributed by atoms with Crippen LogP contribution in [0.2, 0.25) is 0 Å². The van der Waals surface area contributed by atoms with Crippen molar-refractivity contribution >= 4 is 46.3 Å². The van der Waals surface area contributed by atoms with Crippen LogP contribution in [0.5, 0.6) is 0 Å². The van der Waals surface area contributed by atoms with Crippen molar-refractivity contribution in [2.45, 2.75) is 19.1 Å². The van der Waals surface area contributed by atoms with Crippen LogP contribution in [0.3, 0.4) is 0 Å². The third-order valence-electron chi connectivity index (χ3n) is 5.38. The number of aromatic nitrogens is 1. The molecule has 0 saturated heterocycles. The van der Waals surface area contributed by atoms with E-state index < -0.39 is 29.6 Å². The number of nitrogens with two attached hydrogens (primary N) is 2. The Hall–Kier alpha value is -4.09. The monoisotopic (exact) mass is 523 g/mol. The average molecular weight is 524 g/mol. The van der Waals surface area contributed by atoms with Gasteiger partial charge < -0.3 is 21.7 Å². The van der Waals surface area contributed by atoms with Gasteiger partial charge in [-0.25, -0.2) is 4.39 Å². The summed E-state index contributed by atoms with van der Waals surface area (Å²) in [6, 6.07) is 17.2. The van der Waals surface area contributed by atoms with Gasteiger partial charge in [0.05, 0.1) is 12.2 Å². The van der Waals surface area contributed by atoms with Crippen LogP contribution in [0, 0.1) is 5.82 Å². The van der Waals surface area contributed by atoms with Crippen LogP contribution in [0.1, 0.15) is 42.2 Å². The number of halogens is 1. The Bertz CT molecular complexity index is 1360. The number of benzene rings is 2. The number of nitrogens with one attached hydrogen (secondary N) is 1. The average Bonchev–Trinajstić information content (AvgIpc) is 3.53. The number of nitrogen functional groups attached to an aromatic ring is 1. The molecule has 184 valence electrons. The van der Waals surface area contributed by atoms with E-state index >= 15 is 0 Å². The largest absolute Gasteiger partial charge is 0.395 e. The predicted octanol–water partition coefficient (Wildman–Crippen LogP) is 3.72. The molecule has 0 fully saturated rings. The van der Waals surface area contributed by atoms with Crippen LogP contribution in [0.4, 0.5) is 10.1 Å². The maximum absolute atomic E-state index is 13.8. The van der Waals surface area contributed by atoms with Crippen LogP contribution >= 0.6 is 22.9 Å². The van der Waals surface area contributed by atoms with E-state index in [1.807, 2.05) is 47.8 Å². The molecule has 3 amide bonds. The third kappa shape index (κ3) is 5.58. The van der Waals surface area contributed by atoms with Gasteiger partial charge in [-0.05, 0) is 46.2 Å². The molecule has 2 aromatic carbocycles. The van der Waals surface area contributed by atoms with Crippen molar-refractivity contribution in [1.29, 1.82) is 0 Å². The highest BCUT2D eigenvalue weighted by atomic mass is 32.1. The number of thiophene rings is 1. The fraction of sp³-hybridized carbons (Fsp3) is 0.120. The van der Waals surface area contributed by atoms with E-state index in [1.54, 1.807) is 0 Å². The molecule has 0 spiro atoms. The molecule has 0 radical (unpaired) electrons. The quantitative estimate of drug-likeness (QED) is 0.308. The first-order valence-corrected chi connectivity index (χ1v) is 12.5. The van der Waals surface area contributed by atoms with Crippen molar-refractivity contribution in [1.82, 2.24) is 14.6 Å². The molecule has 0 aliphatic carbocycles. The van der Waals surface area contributed by atoms with Gasteiger partial charge in [0.2, 0.25) is 5.91 Å². The Balaban J connectivity index is 1.75. The van der Waals surface area contributed by atoms with Crippen LogP contribution in [0.25, 0.3) is 0 Å². The van der Waals surface area contributed by atoms with Gasteiger partial charge in [0, 0.05) is 11.4 Å². The summed E-state index contributed by atoms with van der Waals surface area (Å²) in [5.74, 6) is -2.40. The van der Waals surface area contributed by atoms with Gasteiger partial charge in [0.1, 0.15) is 16.7 Å². The number of amides is 3. The molecule has 0 bridgehead atoms. The number of primary amides is 1. The second kappa shape index (κ2) is 11.1. The van der Waals surface area contributed by atoms with Gasteiger partial charge in [-0.1, -0.05) is 48.5 Å². The summed E-state index contributed by atoms with van der Waals surface area (Å²) in [5, 5.41) is 4.73. The third-order valence-corrected chi connectivity index (χ3v) is 7.09. The number of carbonyl (C=O) groups is 3. The first-order valence-electron chi connectivity index (χ1n) is 10.8.